The van der Waals surface area contributed by atoms with Crippen molar-refractivity contribution < 1.29 is 19.2 Å². The zero-order chi connectivity index (χ0) is 15.2. The van der Waals surface area contributed by atoms with Gasteiger partial charge in [0.2, 0.25) is 5.91 Å². The molecule has 20 heavy (non-hydrogen) atoms. The lowest BCUT2D eigenvalue weighted by Gasteiger charge is -2.12. The Morgan fingerprint density at radius 3 is 2.50 bits per heavy atom. The molecule has 1 amide bonds. The van der Waals surface area contributed by atoms with Gasteiger partial charge in [0.25, 0.3) is 0 Å². The number of nitrogens with zero attached hydrogens (tertiary/aromatic N) is 1. The van der Waals surface area contributed by atoms with Crippen LogP contribution < -0.4 is 0 Å². The molecule has 0 aromatic heterocycles. The Labute approximate surface area is 121 Å². The molecule has 0 rings (SSSR count). The van der Waals surface area contributed by atoms with Crippen molar-refractivity contribution in [2.24, 2.45) is 0 Å². The second-order valence-corrected chi connectivity index (χ2v) is 4.30. The molecule has 0 N–H and O–H groups in total. The van der Waals surface area contributed by atoms with Crippen molar-refractivity contribution in [1.29, 1.82) is 0 Å². The summed E-state index contributed by atoms with van der Waals surface area (Å²) in [6, 6.07) is 0. The lowest BCUT2D eigenvalue weighted by molar-refractivity contribution is -0.168. The molecular weight excluding hydrogens is 258 g/mol. The minimum atomic E-state index is -0.187. The van der Waals surface area contributed by atoms with Crippen molar-refractivity contribution in [2.45, 2.75) is 38.5 Å². The largest absolute Gasteiger partial charge is 0.461 e. The SMILES string of the molecule is C=CCCCC(=O)OC/C=C/CCCC(=O)N(C)OC. The molecule has 5 heteroatoms. The van der Waals surface area contributed by atoms with E-state index in [0.717, 1.165) is 25.7 Å². The average molecular weight is 283 g/mol. The number of carbonyl (C=O) groups excluding carboxylic acids is 2. The van der Waals surface area contributed by atoms with Crippen molar-refractivity contribution in [2.75, 3.05) is 20.8 Å². The fourth-order valence-corrected chi connectivity index (χ4v) is 1.42. The van der Waals surface area contributed by atoms with Crippen LogP contribution in [0.1, 0.15) is 38.5 Å². The predicted molar refractivity (Wildman–Crippen MR) is 77.8 cm³/mol. The first-order valence-corrected chi connectivity index (χ1v) is 6.84. The summed E-state index contributed by atoms with van der Waals surface area (Å²) in [4.78, 5) is 27.4. The topological polar surface area (TPSA) is 55.8 Å². The quantitative estimate of drug-likeness (QED) is 0.253. The summed E-state index contributed by atoms with van der Waals surface area (Å²) in [6.07, 6.45) is 9.50. The Kier molecular flexibility index (Phi) is 11.4. The van der Waals surface area contributed by atoms with Crippen LogP contribution in [0.3, 0.4) is 0 Å². The van der Waals surface area contributed by atoms with Crippen molar-refractivity contribution >= 4 is 11.9 Å². The molecule has 0 unspecified atom stereocenters. The molecule has 0 saturated carbocycles. The van der Waals surface area contributed by atoms with E-state index < -0.39 is 0 Å². The molecule has 0 bridgehead atoms. The van der Waals surface area contributed by atoms with Gasteiger partial charge in [-0.05, 0) is 25.7 Å². The summed E-state index contributed by atoms with van der Waals surface area (Å²) < 4.78 is 5.02. The highest BCUT2D eigenvalue weighted by Gasteiger charge is 2.05. The summed E-state index contributed by atoms with van der Waals surface area (Å²) in [7, 11) is 3.05. The summed E-state index contributed by atoms with van der Waals surface area (Å²) >= 11 is 0. The summed E-state index contributed by atoms with van der Waals surface area (Å²) in [5, 5.41) is 1.22. The molecule has 114 valence electrons. The molecule has 0 aliphatic rings. The molecule has 0 radical (unpaired) electrons. The molecule has 0 aromatic carbocycles. The van der Waals surface area contributed by atoms with Crippen molar-refractivity contribution in [3.8, 4) is 0 Å². The molecule has 5 nitrogen and oxygen atoms in total. The van der Waals surface area contributed by atoms with Crippen LogP contribution in [-0.2, 0) is 19.2 Å². The van der Waals surface area contributed by atoms with E-state index in [1.54, 1.807) is 19.2 Å². The number of allylic oxidation sites excluding steroid dienone is 2. The summed E-state index contributed by atoms with van der Waals surface area (Å²) in [5.41, 5.74) is 0. The van der Waals surface area contributed by atoms with Crippen LogP contribution >= 0.6 is 0 Å². The van der Waals surface area contributed by atoms with Crippen LogP contribution in [0, 0.1) is 0 Å². The first kappa shape index (κ1) is 18.4. The van der Waals surface area contributed by atoms with Gasteiger partial charge in [-0.2, -0.15) is 0 Å². The Morgan fingerprint density at radius 2 is 1.85 bits per heavy atom. The second-order valence-electron chi connectivity index (χ2n) is 4.30. The smallest absolute Gasteiger partial charge is 0.306 e. The molecule has 0 heterocycles. The van der Waals surface area contributed by atoms with Crippen molar-refractivity contribution in [3.63, 3.8) is 0 Å². The lowest BCUT2D eigenvalue weighted by Crippen LogP contribution is -2.24. The highest BCUT2D eigenvalue weighted by atomic mass is 16.7. The molecule has 0 aliphatic carbocycles. The number of hydrogen-bond acceptors (Lipinski definition) is 4. The number of ether oxygens (including phenoxy) is 1. The van der Waals surface area contributed by atoms with Gasteiger partial charge in [0, 0.05) is 19.9 Å². The first-order valence-electron chi connectivity index (χ1n) is 6.84. The number of unbranched alkanes of at least 4 members (excludes halogenated alkanes) is 2. The van der Waals surface area contributed by atoms with E-state index in [9.17, 15) is 9.59 Å². The Bertz CT molecular complexity index is 326. The van der Waals surface area contributed by atoms with Crippen LogP contribution in [0.15, 0.2) is 24.8 Å². The fourth-order valence-electron chi connectivity index (χ4n) is 1.42. The molecule has 0 aliphatic heterocycles. The second kappa shape index (κ2) is 12.4. The number of hydroxylamine groups is 2. The van der Waals surface area contributed by atoms with Crippen LogP contribution in [0.2, 0.25) is 0 Å². The maximum Gasteiger partial charge on any atom is 0.306 e. The molecule has 0 spiro atoms. The van der Waals surface area contributed by atoms with Gasteiger partial charge in [-0.3, -0.25) is 14.4 Å². The number of esters is 1. The zero-order valence-electron chi connectivity index (χ0n) is 12.5. The molecular formula is C15H25NO4. The van der Waals surface area contributed by atoms with Gasteiger partial charge in [-0.25, -0.2) is 5.06 Å². The van der Waals surface area contributed by atoms with E-state index in [4.69, 9.17) is 9.57 Å². The van der Waals surface area contributed by atoms with Gasteiger partial charge in [0.15, 0.2) is 0 Å². The van der Waals surface area contributed by atoms with Gasteiger partial charge in [-0.1, -0.05) is 18.2 Å². The lowest BCUT2D eigenvalue weighted by atomic mass is 10.2. The van der Waals surface area contributed by atoms with E-state index in [2.05, 4.69) is 6.58 Å². The van der Waals surface area contributed by atoms with Gasteiger partial charge in [-0.15, -0.1) is 6.58 Å². The Hall–Kier alpha value is -1.62. The van der Waals surface area contributed by atoms with Crippen LogP contribution in [0.4, 0.5) is 0 Å². The monoisotopic (exact) mass is 283 g/mol. The number of rotatable bonds is 11. The number of amides is 1. The first-order chi connectivity index (χ1) is 9.61. The van der Waals surface area contributed by atoms with Crippen molar-refractivity contribution in [3.05, 3.63) is 24.8 Å². The molecule has 0 fully saturated rings. The van der Waals surface area contributed by atoms with Gasteiger partial charge in [0.1, 0.15) is 6.61 Å². The highest BCUT2D eigenvalue weighted by molar-refractivity contribution is 5.74. The van der Waals surface area contributed by atoms with E-state index in [0.29, 0.717) is 19.4 Å². The zero-order valence-corrected chi connectivity index (χ0v) is 12.5. The van der Waals surface area contributed by atoms with Crippen LogP contribution in [0.25, 0.3) is 0 Å². The summed E-state index contributed by atoms with van der Waals surface area (Å²) in [6.45, 7) is 3.88. The minimum absolute atomic E-state index is 0.0467. The van der Waals surface area contributed by atoms with Crippen LogP contribution in [0.5, 0.6) is 0 Å². The third kappa shape index (κ3) is 10.3. The van der Waals surface area contributed by atoms with Gasteiger partial charge < -0.3 is 4.74 Å². The highest BCUT2D eigenvalue weighted by Crippen LogP contribution is 2.01. The maximum atomic E-state index is 11.4. The number of carbonyl (C=O) groups is 2. The van der Waals surface area contributed by atoms with Crippen molar-refractivity contribution in [1.82, 2.24) is 5.06 Å². The standard InChI is InChI=1S/C15H25NO4/c1-4-5-8-12-15(18)20-13-10-7-6-9-11-14(17)16(2)19-3/h4,7,10H,1,5-6,8-9,11-13H2,2-3H3/b10-7+. The number of hydrogen-bond donors (Lipinski definition) is 0. The molecule has 0 aromatic rings. The van der Waals surface area contributed by atoms with E-state index in [-0.39, 0.29) is 11.9 Å². The normalized spacial score (nSPS) is 10.5. The van der Waals surface area contributed by atoms with E-state index >= 15 is 0 Å². The maximum absolute atomic E-state index is 11.4. The Balaban J connectivity index is 3.51. The fraction of sp³-hybridized carbons (Fsp3) is 0.600. The third-order valence-corrected chi connectivity index (χ3v) is 2.68. The van der Waals surface area contributed by atoms with Gasteiger partial charge in [0.05, 0.1) is 7.11 Å². The van der Waals surface area contributed by atoms with E-state index in [1.165, 1.54) is 12.2 Å². The third-order valence-electron chi connectivity index (χ3n) is 2.68. The molecule has 0 saturated heterocycles. The van der Waals surface area contributed by atoms with Gasteiger partial charge >= 0.3 is 5.97 Å². The minimum Gasteiger partial charge on any atom is -0.461 e. The van der Waals surface area contributed by atoms with E-state index in [1.807, 2.05) is 6.08 Å². The predicted octanol–water partition coefficient (Wildman–Crippen LogP) is 2.63. The van der Waals surface area contributed by atoms with Crippen LogP contribution in [-0.4, -0.2) is 37.7 Å². The molecule has 0 atom stereocenters. The average Bonchev–Trinajstić information content (AvgIpc) is 2.45. The Morgan fingerprint density at radius 1 is 1.15 bits per heavy atom. The summed E-state index contributed by atoms with van der Waals surface area (Å²) in [5.74, 6) is -0.233.